The Kier molecular flexibility index (Phi) is 3.72. The highest BCUT2D eigenvalue weighted by Gasteiger charge is 2.14. The van der Waals surface area contributed by atoms with Gasteiger partial charge in [-0.05, 0) is 19.4 Å². The molecule has 0 amide bonds. The van der Waals surface area contributed by atoms with Crippen LogP contribution in [-0.4, -0.2) is 26.0 Å². The molecule has 1 aliphatic heterocycles. The summed E-state index contributed by atoms with van der Waals surface area (Å²) >= 11 is 0. The van der Waals surface area contributed by atoms with Crippen LogP contribution in [0.15, 0.2) is 0 Å². The summed E-state index contributed by atoms with van der Waals surface area (Å²) in [6, 6.07) is 0. The quantitative estimate of drug-likeness (QED) is 0.585. The zero-order valence-electron chi connectivity index (χ0n) is 6.21. The van der Waals surface area contributed by atoms with E-state index >= 15 is 0 Å². The summed E-state index contributed by atoms with van der Waals surface area (Å²) in [6.07, 6.45) is 3.17. The van der Waals surface area contributed by atoms with Crippen molar-refractivity contribution in [2.24, 2.45) is 5.73 Å². The minimum absolute atomic E-state index is 0.0616. The van der Waals surface area contributed by atoms with E-state index in [1.165, 1.54) is 0 Å². The van der Waals surface area contributed by atoms with Gasteiger partial charge in [0.1, 0.15) is 0 Å². The lowest BCUT2D eigenvalue weighted by atomic mass is 10.4. The molecule has 1 aliphatic rings. The van der Waals surface area contributed by atoms with E-state index in [1.54, 1.807) is 0 Å². The highest BCUT2D eigenvalue weighted by molar-refractivity contribution is 4.54. The Morgan fingerprint density at radius 3 is 3.10 bits per heavy atom. The van der Waals surface area contributed by atoms with Crippen molar-refractivity contribution in [2.75, 3.05) is 19.8 Å². The maximum atomic E-state index is 5.34. The van der Waals surface area contributed by atoms with Crippen LogP contribution in [-0.2, 0) is 9.47 Å². The van der Waals surface area contributed by atoms with E-state index in [9.17, 15) is 0 Å². The van der Waals surface area contributed by atoms with Crippen LogP contribution in [0.3, 0.4) is 0 Å². The maximum Gasteiger partial charge on any atom is 0.157 e. The Balaban J connectivity index is 1.91. The molecule has 1 saturated heterocycles. The molecular formula is C7H15NO2. The Bertz CT molecular complexity index is 81.7. The van der Waals surface area contributed by atoms with Crippen LogP contribution >= 0.6 is 0 Å². The van der Waals surface area contributed by atoms with Crippen LogP contribution in [0.25, 0.3) is 0 Å². The van der Waals surface area contributed by atoms with Crippen molar-refractivity contribution in [1.29, 1.82) is 0 Å². The first-order valence-electron chi connectivity index (χ1n) is 3.87. The van der Waals surface area contributed by atoms with Crippen LogP contribution in [0.1, 0.15) is 19.3 Å². The highest BCUT2D eigenvalue weighted by Crippen LogP contribution is 2.12. The fourth-order valence-corrected chi connectivity index (χ4v) is 0.978. The van der Waals surface area contributed by atoms with Crippen molar-refractivity contribution in [2.45, 2.75) is 25.6 Å². The van der Waals surface area contributed by atoms with Crippen molar-refractivity contribution in [1.82, 2.24) is 0 Å². The molecule has 3 heteroatoms. The second-order valence-corrected chi connectivity index (χ2v) is 2.46. The van der Waals surface area contributed by atoms with E-state index in [-0.39, 0.29) is 6.29 Å². The van der Waals surface area contributed by atoms with Gasteiger partial charge in [0, 0.05) is 13.0 Å². The summed E-state index contributed by atoms with van der Waals surface area (Å²) in [5, 5.41) is 0. The first-order chi connectivity index (χ1) is 4.93. The lowest BCUT2D eigenvalue weighted by Crippen LogP contribution is -2.13. The third-order valence-corrected chi connectivity index (χ3v) is 1.54. The van der Waals surface area contributed by atoms with Gasteiger partial charge in [0.05, 0.1) is 6.61 Å². The molecule has 0 radical (unpaired) electrons. The molecule has 0 saturated carbocycles. The van der Waals surface area contributed by atoms with Crippen molar-refractivity contribution in [3.63, 3.8) is 0 Å². The number of rotatable bonds is 4. The first kappa shape index (κ1) is 7.98. The summed E-state index contributed by atoms with van der Waals surface area (Å²) in [5.74, 6) is 0. The fraction of sp³-hybridized carbons (Fsp3) is 1.00. The molecule has 0 aromatic carbocycles. The predicted molar refractivity (Wildman–Crippen MR) is 38.6 cm³/mol. The van der Waals surface area contributed by atoms with Gasteiger partial charge in [-0.2, -0.15) is 0 Å². The van der Waals surface area contributed by atoms with Gasteiger partial charge in [-0.3, -0.25) is 0 Å². The minimum Gasteiger partial charge on any atom is -0.353 e. The molecule has 1 fully saturated rings. The first-order valence-corrected chi connectivity index (χ1v) is 3.87. The molecule has 3 nitrogen and oxygen atoms in total. The Morgan fingerprint density at radius 2 is 2.50 bits per heavy atom. The maximum absolute atomic E-state index is 5.34. The molecule has 0 spiro atoms. The van der Waals surface area contributed by atoms with E-state index in [0.29, 0.717) is 6.54 Å². The highest BCUT2D eigenvalue weighted by atomic mass is 16.7. The summed E-state index contributed by atoms with van der Waals surface area (Å²) in [5.41, 5.74) is 5.29. The van der Waals surface area contributed by atoms with Crippen molar-refractivity contribution in [3.05, 3.63) is 0 Å². The molecule has 60 valence electrons. The Morgan fingerprint density at radius 1 is 1.60 bits per heavy atom. The summed E-state index contributed by atoms with van der Waals surface area (Å²) in [6.45, 7) is 2.29. The van der Waals surface area contributed by atoms with Gasteiger partial charge in [0.2, 0.25) is 0 Å². The van der Waals surface area contributed by atoms with Crippen LogP contribution in [0.5, 0.6) is 0 Å². The lowest BCUT2D eigenvalue weighted by molar-refractivity contribution is -0.110. The molecule has 1 unspecified atom stereocenters. The van der Waals surface area contributed by atoms with Gasteiger partial charge in [0.15, 0.2) is 6.29 Å². The smallest absolute Gasteiger partial charge is 0.157 e. The largest absolute Gasteiger partial charge is 0.353 e. The summed E-state index contributed by atoms with van der Waals surface area (Å²) in [4.78, 5) is 0. The molecule has 2 N–H and O–H groups in total. The van der Waals surface area contributed by atoms with Crippen LogP contribution < -0.4 is 5.73 Å². The lowest BCUT2D eigenvalue weighted by Gasteiger charge is -2.09. The van der Waals surface area contributed by atoms with Gasteiger partial charge >= 0.3 is 0 Å². The molecule has 0 aliphatic carbocycles. The van der Waals surface area contributed by atoms with Gasteiger partial charge in [-0.1, -0.05) is 0 Å². The van der Waals surface area contributed by atoms with Crippen molar-refractivity contribution in [3.8, 4) is 0 Å². The predicted octanol–water partition coefficient (Wildman–Crippen LogP) is 0.488. The molecule has 0 aromatic rings. The SMILES string of the molecule is NCCCOC1CCCO1. The zero-order chi connectivity index (χ0) is 7.23. The van der Waals surface area contributed by atoms with Crippen LogP contribution in [0, 0.1) is 0 Å². The van der Waals surface area contributed by atoms with E-state index in [1.807, 2.05) is 0 Å². The second-order valence-electron chi connectivity index (χ2n) is 2.46. The van der Waals surface area contributed by atoms with Crippen molar-refractivity contribution < 1.29 is 9.47 Å². The normalized spacial score (nSPS) is 25.5. The fourth-order valence-electron chi connectivity index (χ4n) is 0.978. The van der Waals surface area contributed by atoms with E-state index in [4.69, 9.17) is 15.2 Å². The monoisotopic (exact) mass is 145 g/mol. The molecular weight excluding hydrogens is 130 g/mol. The van der Waals surface area contributed by atoms with Gasteiger partial charge in [-0.15, -0.1) is 0 Å². The number of hydrogen-bond donors (Lipinski definition) is 1. The molecule has 10 heavy (non-hydrogen) atoms. The second kappa shape index (κ2) is 4.66. The number of ether oxygens (including phenoxy) is 2. The molecule has 1 rings (SSSR count). The van der Waals surface area contributed by atoms with Crippen molar-refractivity contribution >= 4 is 0 Å². The van der Waals surface area contributed by atoms with Gasteiger partial charge < -0.3 is 15.2 Å². The molecule has 1 heterocycles. The van der Waals surface area contributed by atoms with E-state index < -0.39 is 0 Å². The topological polar surface area (TPSA) is 44.5 Å². The summed E-state index contributed by atoms with van der Waals surface area (Å²) in [7, 11) is 0. The Labute approximate surface area is 61.5 Å². The standard InChI is InChI=1S/C7H15NO2/c8-4-2-6-10-7-3-1-5-9-7/h7H,1-6,8H2. The van der Waals surface area contributed by atoms with Gasteiger partial charge in [0.25, 0.3) is 0 Å². The van der Waals surface area contributed by atoms with E-state index in [0.717, 1.165) is 32.5 Å². The number of hydrogen-bond acceptors (Lipinski definition) is 3. The third kappa shape index (κ3) is 2.64. The molecule has 0 bridgehead atoms. The average molecular weight is 145 g/mol. The minimum atomic E-state index is 0.0616. The van der Waals surface area contributed by atoms with Crippen LogP contribution in [0.4, 0.5) is 0 Å². The summed E-state index contributed by atoms with van der Waals surface area (Å²) < 4.78 is 10.6. The molecule has 1 atom stereocenters. The average Bonchev–Trinajstić information content (AvgIpc) is 2.41. The van der Waals surface area contributed by atoms with Crippen LogP contribution in [0.2, 0.25) is 0 Å². The number of nitrogens with two attached hydrogens (primary N) is 1. The van der Waals surface area contributed by atoms with E-state index in [2.05, 4.69) is 0 Å². The molecule has 0 aromatic heterocycles. The Hall–Kier alpha value is -0.120. The van der Waals surface area contributed by atoms with Gasteiger partial charge in [-0.25, -0.2) is 0 Å². The zero-order valence-corrected chi connectivity index (χ0v) is 6.21. The third-order valence-electron chi connectivity index (χ3n) is 1.54.